The molecule has 3 aliphatic rings. The molecule has 0 aliphatic carbocycles. The SMILES string of the molecule is CC(=O)O[C@@H](C)/C=C\C(=O)N[C@@H]1C[C@H](C)[C@H](C/C=C(C)/C=C/[C@H]2O[C@H](CC(=O)N/N=C(/C)c3ccc(OCCCCCNC(=O)CBr)cc3)C[C@@]3(CO3)[C@@H]2O)O[C@@H]1C. The van der Waals surface area contributed by atoms with Crippen molar-refractivity contribution in [2.45, 2.75) is 135 Å². The Labute approximate surface area is 350 Å². The third kappa shape index (κ3) is 15.4. The van der Waals surface area contributed by atoms with E-state index < -0.39 is 36.0 Å². The highest BCUT2D eigenvalue weighted by Crippen LogP contribution is 2.43. The van der Waals surface area contributed by atoms with Crippen molar-refractivity contribution in [1.29, 1.82) is 0 Å². The van der Waals surface area contributed by atoms with Crippen molar-refractivity contribution in [3.8, 4) is 5.75 Å². The number of aliphatic hydroxyl groups excluding tert-OH is 1. The third-order valence-electron chi connectivity index (χ3n) is 10.5. The molecule has 0 saturated carbocycles. The summed E-state index contributed by atoms with van der Waals surface area (Å²) in [5.74, 6) is -0.0456. The van der Waals surface area contributed by atoms with E-state index in [0.29, 0.717) is 43.6 Å². The molecule has 1 aromatic rings. The molecule has 3 fully saturated rings. The molecule has 3 saturated heterocycles. The Morgan fingerprint density at radius 1 is 1.05 bits per heavy atom. The quantitative estimate of drug-likeness (QED) is 0.0204. The van der Waals surface area contributed by atoms with Gasteiger partial charge in [0.25, 0.3) is 0 Å². The van der Waals surface area contributed by atoms with Gasteiger partial charge in [0, 0.05) is 26.0 Å². The predicted molar refractivity (Wildman–Crippen MR) is 223 cm³/mol. The fraction of sp³-hybridized carbons (Fsp3) is 0.605. The van der Waals surface area contributed by atoms with Gasteiger partial charge in [-0.05, 0) is 102 Å². The van der Waals surface area contributed by atoms with Crippen LogP contribution in [0.15, 0.2) is 65.3 Å². The number of hydrogen-bond acceptors (Lipinski definition) is 11. The summed E-state index contributed by atoms with van der Waals surface area (Å²) < 4.78 is 29.1. The van der Waals surface area contributed by atoms with Crippen molar-refractivity contribution >= 4 is 45.3 Å². The minimum Gasteiger partial charge on any atom is -0.494 e. The zero-order valence-corrected chi connectivity index (χ0v) is 36.1. The van der Waals surface area contributed by atoms with Gasteiger partial charge in [0.2, 0.25) is 17.7 Å². The van der Waals surface area contributed by atoms with Gasteiger partial charge in [-0.25, -0.2) is 5.43 Å². The number of amides is 3. The Balaban J connectivity index is 1.20. The number of rotatable bonds is 20. The zero-order valence-electron chi connectivity index (χ0n) is 34.5. The number of alkyl halides is 1. The summed E-state index contributed by atoms with van der Waals surface area (Å²) in [6, 6.07) is 7.37. The Hall–Kier alpha value is -3.89. The minimum absolute atomic E-state index is 0.0107. The Morgan fingerprint density at radius 2 is 1.79 bits per heavy atom. The number of aliphatic hydroxyl groups is 1. The van der Waals surface area contributed by atoms with E-state index in [4.69, 9.17) is 23.7 Å². The lowest BCUT2D eigenvalue weighted by Gasteiger charge is -2.39. The normalized spacial score (nSPS) is 28.0. The summed E-state index contributed by atoms with van der Waals surface area (Å²) >= 11 is 3.13. The smallest absolute Gasteiger partial charge is 0.303 e. The second kappa shape index (κ2) is 23.0. The molecule has 58 heavy (non-hydrogen) atoms. The number of carbonyl (C=O) groups excluding carboxylic acids is 4. The fourth-order valence-electron chi connectivity index (χ4n) is 7.01. The molecule has 0 radical (unpaired) electrons. The van der Waals surface area contributed by atoms with Crippen LogP contribution >= 0.6 is 15.9 Å². The summed E-state index contributed by atoms with van der Waals surface area (Å²) in [5.41, 5.74) is 4.37. The number of carbonyl (C=O) groups is 4. The number of nitrogens with one attached hydrogen (secondary N) is 3. The molecule has 1 aromatic carbocycles. The highest BCUT2D eigenvalue weighted by Gasteiger charge is 2.58. The molecule has 4 N–H and O–H groups in total. The number of esters is 1. The number of allylic oxidation sites excluding steroid dienone is 2. The van der Waals surface area contributed by atoms with Gasteiger partial charge in [0.15, 0.2) is 0 Å². The minimum atomic E-state index is -0.865. The molecular weight excluding hydrogens is 812 g/mol. The molecule has 3 amide bonds. The summed E-state index contributed by atoms with van der Waals surface area (Å²) in [6.07, 6.45) is 10.7. The van der Waals surface area contributed by atoms with Crippen LogP contribution in [-0.4, -0.2) is 108 Å². The van der Waals surface area contributed by atoms with E-state index in [0.717, 1.165) is 42.6 Å². The van der Waals surface area contributed by atoms with Crippen LogP contribution in [0.4, 0.5) is 0 Å². The molecule has 4 rings (SSSR count). The van der Waals surface area contributed by atoms with E-state index in [9.17, 15) is 24.3 Å². The number of hydrogen-bond donors (Lipinski definition) is 4. The van der Waals surface area contributed by atoms with Crippen molar-refractivity contribution in [2.24, 2.45) is 11.0 Å². The van der Waals surface area contributed by atoms with E-state index in [1.54, 1.807) is 13.0 Å². The van der Waals surface area contributed by atoms with Crippen LogP contribution < -0.4 is 20.8 Å². The van der Waals surface area contributed by atoms with Crippen LogP contribution in [0, 0.1) is 5.92 Å². The predicted octanol–water partition coefficient (Wildman–Crippen LogP) is 4.96. The number of ether oxygens (including phenoxy) is 5. The number of halogens is 1. The van der Waals surface area contributed by atoms with Crippen molar-refractivity contribution < 1.29 is 48.0 Å². The first kappa shape index (κ1) is 46.8. The molecule has 15 heteroatoms. The fourth-order valence-corrected chi connectivity index (χ4v) is 7.21. The highest BCUT2D eigenvalue weighted by atomic mass is 79.9. The van der Waals surface area contributed by atoms with E-state index >= 15 is 0 Å². The van der Waals surface area contributed by atoms with E-state index in [1.807, 2.05) is 57.2 Å². The topological polar surface area (TPSA) is 186 Å². The largest absolute Gasteiger partial charge is 0.494 e. The van der Waals surface area contributed by atoms with Crippen LogP contribution in [0.2, 0.25) is 0 Å². The van der Waals surface area contributed by atoms with Gasteiger partial charge in [-0.2, -0.15) is 5.10 Å². The lowest BCUT2D eigenvalue weighted by Crippen LogP contribution is -2.50. The first-order valence-electron chi connectivity index (χ1n) is 20.2. The van der Waals surface area contributed by atoms with Gasteiger partial charge in [0.1, 0.15) is 29.7 Å². The number of unbranched alkanes of at least 4 members (excludes halogenated alkanes) is 2. The first-order chi connectivity index (χ1) is 27.7. The zero-order chi connectivity index (χ0) is 42.2. The Kier molecular flexibility index (Phi) is 18.6. The van der Waals surface area contributed by atoms with Gasteiger partial charge >= 0.3 is 5.97 Å². The van der Waals surface area contributed by atoms with Gasteiger partial charge < -0.3 is 39.4 Å². The molecule has 14 nitrogen and oxygen atoms in total. The number of benzene rings is 1. The maximum absolute atomic E-state index is 13.0. The van der Waals surface area contributed by atoms with Crippen molar-refractivity contribution in [3.05, 3.63) is 65.8 Å². The van der Waals surface area contributed by atoms with Crippen LogP contribution in [0.25, 0.3) is 0 Å². The average molecular weight is 874 g/mol. The molecule has 3 aliphatic heterocycles. The number of nitrogens with zero attached hydrogens (tertiary/aromatic N) is 1. The van der Waals surface area contributed by atoms with Crippen molar-refractivity contribution in [3.63, 3.8) is 0 Å². The van der Waals surface area contributed by atoms with Gasteiger partial charge in [0.05, 0.1) is 55.0 Å². The van der Waals surface area contributed by atoms with E-state index in [2.05, 4.69) is 50.1 Å². The second-order valence-corrected chi connectivity index (χ2v) is 16.1. The number of hydrazone groups is 1. The molecule has 9 atom stereocenters. The molecular formula is C43H61BrN4O10. The second-order valence-electron chi connectivity index (χ2n) is 15.5. The lowest BCUT2D eigenvalue weighted by atomic mass is 9.87. The lowest BCUT2D eigenvalue weighted by molar-refractivity contribution is -0.145. The van der Waals surface area contributed by atoms with E-state index in [-0.39, 0.29) is 48.3 Å². The Morgan fingerprint density at radius 3 is 2.48 bits per heavy atom. The van der Waals surface area contributed by atoms with Gasteiger partial charge in [-0.1, -0.05) is 46.7 Å². The monoisotopic (exact) mass is 872 g/mol. The van der Waals surface area contributed by atoms with Crippen LogP contribution in [0.3, 0.4) is 0 Å². The standard InChI is InChI=1S/C43H61BrN4O10/c1-27(10-17-37-28(2)22-36(31(5)57-37)46-39(50)19-12-29(3)56-32(6)49)11-18-38-42(53)43(26-55-43)24-35(58-38)23-40(51)48-47-30(4)33-13-15-34(16-14-33)54-21-9-7-8-20-45-41(52)25-44/h10-16,18-19,28-29,31,35-38,42,53H,7-9,17,20-26H2,1-6H3,(H,45,52)(H,46,50)(H,48,51)/b18-11+,19-12-,27-10+,47-30-/t28-,29-,31+,35+,36+,37-,38+,42+,43+/m0/s1. The molecule has 0 bridgehead atoms. The van der Waals surface area contributed by atoms with Gasteiger partial charge in [-0.15, -0.1) is 0 Å². The van der Waals surface area contributed by atoms with Gasteiger partial charge in [-0.3, -0.25) is 19.2 Å². The van der Waals surface area contributed by atoms with Crippen LogP contribution in [-0.2, 0) is 38.1 Å². The number of epoxide rings is 1. The van der Waals surface area contributed by atoms with Crippen molar-refractivity contribution in [1.82, 2.24) is 16.1 Å². The highest BCUT2D eigenvalue weighted by molar-refractivity contribution is 9.09. The Bertz CT molecular complexity index is 1660. The van der Waals surface area contributed by atoms with Crippen molar-refractivity contribution in [2.75, 3.05) is 25.1 Å². The van der Waals surface area contributed by atoms with Crippen LogP contribution in [0.5, 0.6) is 5.75 Å². The summed E-state index contributed by atoms with van der Waals surface area (Å²) in [5, 5.41) is 21.6. The summed E-state index contributed by atoms with van der Waals surface area (Å²) in [4.78, 5) is 47.8. The summed E-state index contributed by atoms with van der Waals surface area (Å²) in [7, 11) is 0. The van der Waals surface area contributed by atoms with E-state index in [1.165, 1.54) is 13.0 Å². The molecule has 3 heterocycles. The maximum atomic E-state index is 13.0. The van der Waals surface area contributed by atoms with Crippen LogP contribution in [0.1, 0.15) is 92.1 Å². The molecule has 0 unspecified atom stereocenters. The molecule has 320 valence electrons. The summed E-state index contributed by atoms with van der Waals surface area (Å²) in [6.45, 7) is 12.5. The average Bonchev–Trinajstić information content (AvgIpc) is 3.96. The third-order valence-corrected chi connectivity index (χ3v) is 11.0. The molecule has 1 spiro atoms. The molecule has 0 aromatic heterocycles. The first-order valence-corrected chi connectivity index (χ1v) is 21.3. The maximum Gasteiger partial charge on any atom is 0.303 e.